The van der Waals surface area contributed by atoms with Gasteiger partial charge in [-0.15, -0.1) is 0 Å². The molecule has 1 N–H and O–H groups in total. The summed E-state index contributed by atoms with van der Waals surface area (Å²) in [6, 6.07) is 6.71. The van der Waals surface area contributed by atoms with Gasteiger partial charge in [0.15, 0.2) is 6.10 Å². The molecule has 1 heterocycles. The predicted molar refractivity (Wildman–Crippen MR) is 94.5 cm³/mol. The Bertz CT molecular complexity index is 751. The summed E-state index contributed by atoms with van der Waals surface area (Å²) < 4.78 is 10.9. The lowest BCUT2D eigenvalue weighted by Crippen LogP contribution is -2.36. The summed E-state index contributed by atoms with van der Waals surface area (Å²) >= 11 is 0. The number of hydrogen-bond donors (Lipinski definition) is 1. The van der Waals surface area contributed by atoms with Gasteiger partial charge in [-0.25, -0.2) is 4.79 Å². The van der Waals surface area contributed by atoms with Gasteiger partial charge in [0.25, 0.3) is 5.91 Å². The number of ether oxygens (including phenoxy) is 1. The van der Waals surface area contributed by atoms with Crippen molar-refractivity contribution in [3.8, 4) is 5.75 Å². The maximum atomic E-state index is 12.0. The van der Waals surface area contributed by atoms with Crippen LogP contribution in [0.2, 0.25) is 0 Å². The fourth-order valence-electron chi connectivity index (χ4n) is 2.54. The average molecular weight is 331 g/mol. The van der Waals surface area contributed by atoms with Crippen molar-refractivity contribution in [1.82, 2.24) is 5.32 Å². The third kappa shape index (κ3) is 4.85. The highest BCUT2D eigenvalue weighted by Crippen LogP contribution is 2.22. The minimum absolute atomic E-state index is 0.141. The normalized spacial score (nSPS) is 12.1. The van der Waals surface area contributed by atoms with Crippen molar-refractivity contribution in [2.24, 2.45) is 0 Å². The number of benzene rings is 1. The Labute approximate surface area is 142 Å². The van der Waals surface area contributed by atoms with Gasteiger partial charge in [-0.3, -0.25) is 4.79 Å². The molecule has 0 aliphatic rings. The smallest absolute Gasteiger partial charge is 0.336 e. The van der Waals surface area contributed by atoms with Crippen LogP contribution in [0, 0.1) is 6.92 Å². The molecule has 1 atom stereocenters. The summed E-state index contributed by atoms with van der Waals surface area (Å²) in [6.45, 7) is 6.38. The topological polar surface area (TPSA) is 68.5 Å². The van der Waals surface area contributed by atoms with E-state index in [1.165, 1.54) is 18.9 Å². The van der Waals surface area contributed by atoms with Gasteiger partial charge in [-0.05, 0) is 38.0 Å². The zero-order chi connectivity index (χ0) is 17.5. The van der Waals surface area contributed by atoms with E-state index >= 15 is 0 Å². The fraction of sp³-hybridized carbons (Fsp3) is 0.474. The molecular formula is C19H25NO4. The number of fused-ring (bicyclic) bond motifs is 1. The van der Waals surface area contributed by atoms with Crippen LogP contribution in [-0.2, 0) is 4.79 Å². The van der Waals surface area contributed by atoms with Gasteiger partial charge in [0.05, 0.1) is 0 Å². The van der Waals surface area contributed by atoms with Crippen LogP contribution in [0.25, 0.3) is 11.0 Å². The number of rotatable bonds is 8. The lowest BCUT2D eigenvalue weighted by Gasteiger charge is -2.15. The maximum absolute atomic E-state index is 12.0. The molecule has 2 rings (SSSR count). The van der Waals surface area contributed by atoms with Crippen molar-refractivity contribution in [1.29, 1.82) is 0 Å². The molecule has 0 aliphatic heterocycles. The lowest BCUT2D eigenvalue weighted by atomic mass is 10.1. The molecule has 1 amide bonds. The second-order valence-corrected chi connectivity index (χ2v) is 6.02. The molecule has 0 radical (unpaired) electrons. The Hall–Kier alpha value is -2.30. The monoisotopic (exact) mass is 331 g/mol. The van der Waals surface area contributed by atoms with Crippen LogP contribution in [0.3, 0.4) is 0 Å². The molecule has 0 saturated heterocycles. The van der Waals surface area contributed by atoms with E-state index in [1.54, 1.807) is 19.1 Å². The van der Waals surface area contributed by atoms with Crippen LogP contribution >= 0.6 is 0 Å². The van der Waals surface area contributed by atoms with E-state index in [1.807, 2.05) is 13.0 Å². The summed E-state index contributed by atoms with van der Waals surface area (Å²) in [5.41, 5.74) is 0.922. The second-order valence-electron chi connectivity index (χ2n) is 6.02. The number of amides is 1. The number of carbonyl (C=O) groups is 1. The first kappa shape index (κ1) is 18.0. The van der Waals surface area contributed by atoms with Crippen LogP contribution in [0.4, 0.5) is 0 Å². The first-order chi connectivity index (χ1) is 11.5. The van der Waals surface area contributed by atoms with E-state index < -0.39 is 11.7 Å². The van der Waals surface area contributed by atoms with Gasteiger partial charge >= 0.3 is 5.63 Å². The van der Waals surface area contributed by atoms with E-state index in [0.29, 0.717) is 17.9 Å². The first-order valence-electron chi connectivity index (χ1n) is 8.50. The van der Waals surface area contributed by atoms with Gasteiger partial charge < -0.3 is 14.5 Å². The Kier molecular flexibility index (Phi) is 6.41. The van der Waals surface area contributed by atoms with Crippen molar-refractivity contribution in [3.63, 3.8) is 0 Å². The number of unbranched alkanes of at least 4 members (excludes halogenated alkanes) is 3. The highest BCUT2D eigenvalue weighted by atomic mass is 16.5. The highest BCUT2D eigenvalue weighted by molar-refractivity contribution is 5.82. The SMILES string of the molecule is CCCCCCNC(=O)C(C)Oc1ccc2c(C)cc(=O)oc2c1. The number of carbonyl (C=O) groups excluding carboxylic acids is 1. The highest BCUT2D eigenvalue weighted by Gasteiger charge is 2.14. The summed E-state index contributed by atoms with van der Waals surface area (Å²) in [4.78, 5) is 23.5. The Morgan fingerprint density at radius 1 is 1.25 bits per heavy atom. The average Bonchev–Trinajstić information content (AvgIpc) is 2.53. The summed E-state index contributed by atoms with van der Waals surface area (Å²) in [7, 11) is 0. The molecular weight excluding hydrogens is 306 g/mol. The molecule has 0 aliphatic carbocycles. The number of hydrogen-bond acceptors (Lipinski definition) is 4. The molecule has 2 aromatic rings. The summed E-state index contributed by atoms with van der Waals surface area (Å²) in [5, 5.41) is 3.74. The third-order valence-corrected chi connectivity index (χ3v) is 3.93. The molecule has 1 aromatic heterocycles. The second kappa shape index (κ2) is 8.52. The standard InChI is InChI=1S/C19H25NO4/c1-4-5-6-7-10-20-19(22)14(3)23-15-8-9-16-13(2)11-18(21)24-17(16)12-15/h8-9,11-12,14H,4-7,10H2,1-3H3,(H,20,22). The number of nitrogens with one attached hydrogen (secondary N) is 1. The molecule has 130 valence electrons. The molecule has 1 unspecified atom stereocenters. The zero-order valence-electron chi connectivity index (χ0n) is 14.6. The van der Waals surface area contributed by atoms with E-state index in [9.17, 15) is 9.59 Å². The van der Waals surface area contributed by atoms with E-state index in [0.717, 1.165) is 23.8 Å². The van der Waals surface area contributed by atoms with Crippen molar-refractivity contribution in [2.45, 2.75) is 52.6 Å². The molecule has 0 fully saturated rings. The molecule has 0 saturated carbocycles. The summed E-state index contributed by atoms with van der Waals surface area (Å²) in [6.07, 6.45) is 3.85. The molecule has 0 spiro atoms. The lowest BCUT2D eigenvalue weighted by molar-refractivity contribution is -0.127. The van der Waals surface area contributed by atoms with Crippen LogP contribution in [0.1, 0.15) is 45.1 Å². The summed E-state index contributed by atoms with van der Waals surface area (Å²) in [5.74, 6) is 0.363. The van der Waals surface area contributed by atoms with Gasteiger partial charge in [-0.2, -0.15) is 0 Å². The Morgan fingerprint density at radius 3 is 2.79 bits per heavy atom. The fourth-order valence-corrected chi connectivity index (χ4v) is 2.54. The van der Waals surface area contributed by atoms with E-state index in [2.05, 4.69) is 12.2 Å². The molecule has 1 aromatic carbocycles. The van der Waals surface area contributed by atoms with E-state index in [-0.39, 0.29) is 5.91 Å². The largest absolute Gasteiger partial charge is 0.481 e. The van der Waals surface area contributed by atoms with Crippen LogP contribution in [0.15, 0.2) is 33.5 Å². The van der Waals surface area contributed by atoms with Crippen LogP contribution < -0.4 is 15.7 Å². The van der Waals surface area contributed by atoms with Gasteiger partial charge in [0, 0.05) is 24.1 Å². The predicted octanol–water partition coefficient (Wildman–Crippen LogP) is 3.57. The van der Waals surface area contributed by atoms with Crippen molar-refractivity contribution < 1.29 is 13.9 Å². The maximum Gasteiger partial charge on any atom is 0.336 e. The molecule has 0 bridgehead atoms. The first-order valence-corrected chi connectivity index (χ1v) is 8.50. The van der Waals surface area contributed by atoms with Crippen molar-refractivity contribution in [3.05, 3.63) is 40.2 Å². The van der Waals surface area contributed by atoms with Crippen LogP contribution in [-0.4, -0.2) is 18.6 Å². The zero-order valence-corrected chi connectivity index (χ0v) is 14.6. The van der Waals surface area contributed by atoms with Gasteiger partial charge in [-0.1, -0.05) is 26.2 Å². The molecule has 24 heavy (non-hydrogen) atoms. The van der Waals surface area contributed by atoms with Crippen molar-refractivity contribution in [2.75, 3.05) is 6.54 Å². The quantitative estimate of drug-likeness (QED) is 0.593. The number of aryl methyl sites for hydroxylation is 1. The minimum Gasteiger partial charge on any atom is -0.481 e. The third-order valence-electron chi connectivity index (χ3n) is 3.93. The van der Waals surface area contributed by atoms with E-state index in [4.69, 9.17) is 9.15 Å². The van der Waals surface area contributed by atoms with Crippen molar-refractivity contribution >= 4 is 16.9 Å². The van der Waals surface area contributed by atoms with Crippen LogP contribution in [0.5, 0.6) is 5.75 Å². The molecule has 5 nitrogen and oxygen atoms in total. The van der Waals surface area contributed by atoms with Gasteiger partial charge in [0.2, 0.25) is 0 Å². The Balaban J connectivity index is 1.96. The minimum atomic E-state index is -0.606. The van der Waals surface area contributed by atoms with Gasteiger partial charge in [0.1, 0.15) is 11.3 Å². The molecule has 5 heteroatoms. The Morgan fingerprint density at radius 2 is 2.04 bits per heavy atom.